The maximum atomic E-state index is 12.7. The number of nitrogens with two attached hydrogens (primary N) is 1. The predicted molar refractivity (Wildman–Crippen MR) is 106 cm³/mol. The van der Waals surface area contributed by atoms with E-state index in [1.165, 1.54) is 25.9 Å². The number of para-hydroxylation sites is 1. The first-order valence-corrected chi connectivity index (χ1v) is 10.1. The average Bonchev–Trinajstić information content (AvgIpc) is 2.67. The summed E-state index contributed by atoms with van der Waals surface area (Å²) in [5, 5.41) is 3.29. The minimum atomic E-state index is 0.0337. The molecule has 136 valence electrons. The lowest BCUT2D eigenvalue weighted by Gasteiger charge is -2.49. The van der Waals surface area contributed by atoms with Crippen molar-refractivity contribution in [2.75, 3.05) is 18.8 Å². The zero-order valence-corrected chi connectivity index (χ0v) is 15.8. The molecule has 1 amide bonds. The molecule has 0 aliphatic carbocycles. The summed E-state index contributed by atoms with van der Waals surface area (Å²) in [6.07, 6.45) is 2.40. The summed E-state index contributed by atoms with van der Waals surface area (Å²) in [6, 6.07) is 16.3. The molecule has 3 saturated heterocycles. The molecule has 0 aromatic heterocycles. The van der Waals surface area contributed by atoms with Crippen LogP contribution in [0.1, 0.15) is 30.1 Å². The average molecular weight is 368 g/mol. The van der Waals surface area contributed by atoms with Crippen molar-refractivity contribution in [1.82, 2.24) is 10.2 Å². The Bertz CT molecular complexity index is 782. The number of piperidine rings is 3. The van der Waals surface area contributed by atoms with Gasteiger partial charge in [-0.25, -0.2) is 0 Å². The lowest BCUT2D eigenvalue weighted by molar-refractivity contribution is 0.0217. The lowest BCUT2D eigenvalue weighted by atomic mass is 9.79. The molecule has 2 bridgehead atoms. The number of rotatable bonds is 4. The number of fused-ring (bicyclic) bond motifs is 3. The fraction of sp³-hybridized carbons (Fsp3) is 0.381. The normalized spacial score (nSPS) is 27.3. The standard InChI is InChI=1S/C21H25N3OS/c1-14-20(15-10-12-24(14)13-11-15)23-21(25)16-6-8-17(9-7-16)26-19-5-3-2-4-18(19)22/h2-9,14-15,20H,10-13,22H2,1H3,(H,23,25). The van der Waals surface area contributed by atoms with Gasteiger partial charge in [0, 0.05) is 33.1 Å². The molecule has 0 spiro atoms. The molecule has 0 saturated carbocycles. The van der Waals surface area contributed by atoms with E-state index in [0.29, 0.717) is 12.0 Å². The van der Waals surface area contributed by atoms with E-state index < -0.39 is 0 Å². The number of nitrogens with one attached hydrogen (secondary N) is 1. The molecular formula is C21H25N3OS. The van der Waals surface area contributed by atoms with Gasteiger partial charge in [0.15, 0.2) is 0 Å². The second kappa shape index (κ2) is 7.33. The summed E-state index contributed by atoms with van der Waals surface area (Å²) in [5.74, 6) is 0.654. The number of benzene rings is 2. The summed E-state index contributed by atoms with van der Waals surface area (Å²) < 4.78 is 0. The number of nitrogens with zero attached hydrogens (tertiary/aromatic N) is 1. The van der Waals surface area contributed by atoms with Gasteiger partial charge in [0.05, 0.1) is 0 Å². The van der Waals surface area contributed by atoms with Crippen LogP contribution in [-0.2, 0) is 0 Å². The van der Waals surface area contributed by atoms with Crippen molar-refractivity contribution in [3.8, 4) is 0 Å². The Morgan fingerprint density at radius 2 is 1.81 bits per heavy atom. The monoisotopic (exact) mass is 367 g/mol. The van der Waals surface area contributed by atoms with Gasteiger partial charge in [-0.2, -0.15) is 0 Å². The minimum Gasteiger partial charge on any atom is -0.398 e. The van der Waals surface area contributed by atoms with Crippen LogP contribution in [0.3, 0.4) is 0 Å². The van der Waals surface area contributed by atoms with Crippen LogP contribution in [0.15, 0.2) is 58.3 Å². The van der Waals surface area contributed by atoms with E-state index in [-0.39, 0.29) is 11.9 Å². The molecule has 2 atom stereocenters. The van der Waals surface area contributed by atoms with Crippen LogP contribution >= 0.6 is 11.8 Å². The zero-order valence-electron chi connectivity index (χ0n) is 15.0. The fourth-order valence-electron chi connectivity index (χ4n) is 4.15. The molecular weight excluding hydrogens is 342 g/mol. The van der Waals surface area contributed by atoms with E-state index in [4.69, 9.17) is 5.73 Å². The van der Waals surface area contributed by atoms with Crippen molar-refractivity contribution < 1.29 is 4.79 Å². The molecule has 2 aromatic rings. The number of hydrogen-bond donors (Lipinski definition) is 2. The Balaban J connectivity index is 1.42. The highest BCUT2D eigenvalue weighted by molar-refractivity contribution is 7.99. The Morgan fingerprint density at radius 1 is 1.12 bits per heavy atom. The van der Waals surface area contributed by atoms with Gasteiger partial charge < -0.3 is 11.1 Å². The third kappa shape index (κ3) is 3.46. The summed E-state index contributed by atoms with van der Waals surface area (Å²) in [4.78, 5) is 17.3. The molecule has 3 heterocycles. The van der Waals surface area contributed by atoms with E-state index in [9.17, 15) is 4.79 Å². The second-order valence-electron chi connectivity index (χ2n) is 7.28. The van der Waals surface area contributed by atoms with Crippen molar-refractivity contribution in [1.29, 1.82) is 0 Å². The highest BCUT2D eigenvalue weighted by Gasteiger charge is 2.40. The van der Waals surface area contributed by atoms with E-state index in [1.807, 2.05) is 48.5 Å². The first-order valence-electron chi connectivity index (χ1n) is 9.29. The van der Waals surface area contributed by atoms with Crippen molar-refractivity contribution >= 4 is 23.4 Å². The Morgan fingerprint density at radius 3 is 2.46 bits per heavy atom. The SMILES string of the molecule is CC1C(NC(=O)c2ccc(Sc3ccccc3N)cc2)C2CCN1CC2. The molecule has 0 radical (unpaired) electrons. The van der Waals surface area contributed by atoms with E-state index in [1.54, 1.807) is 11.8 Å². The van der Waals surface area contributed by atoms with Crippen molar-refractivity contribution in [2.45, 2.75) is 41.6 Å². The summed E-state index contributed by atoms with van der Waals surface area (Å²) in [7, 11) is 0. The van der Waals surface area contributed by atoms with Crippen molar-refractivity contribution in [2.24, 2.45) is 5.92 Å². The number of carbonyl (C=O) groups excluding carboxylic acids is 1. The molecule has 5 rings (SSSR count). The van der Waals surface area contributed by atoms with Gasteiger partial charge in [0.2, 0.25) is 0 Å². The van der Waals surface area contributed by atoms with Gasteiger partial charge in [-0.15, -0.1) is 0 Å². The fourth-order valence-corrected chi connectivity index (χ4v) is 5.01. The van der Waals surface area contributed by atoms with Gasteiger partial charge in [-0.05, 0) is 75.2 Å². The highest BCUT2D eigenvalue weighted by Crippen LogP contribution is 2.33. The minimum absolute atomic E-state index is 0.0337. The summed E-state index contributed by atoms with van der Waals surface area (Å²) >= 11 is 1.62. The Labute approximate surface area is 159 Å². The number of nitrogen functional groups attached to an aromatic ring is 1. The molecule has 3 N–H and O–H groups in total. The van der Waals surface area contributed by atoms with Crippen LogP contribution in [-0.4, -0.2) is 36.0 Å². The van der Waals surface area contributed by atoms with Crippen LogP contribution in [0.2, 0.25) is 0 Å². The smallest absolute Gasteiger partial charge is 0.251 e. The van der Waals surface area contributed by atoms with E-state index in [2.05, 4.69) is 17.1 Å². The Hall–Kier alpha value is -1.98. The topological polar surface area (TPSA) is 58.4 Å². The van der Waals surface area contributed by atoms with Gasteiger partial charge in [-0.3, -0.25) is 9.69 Å². The van der Waals surface area contributed by atoms with Crippen LogP contribution in [0.25, 0.3) is 0 Å². The Kier molecular flexibility index (Phi) is 4.92. The quantitative estimate of drug-likeness (QED) is 0.810. The van der Waals surface area contributed by atoms with E-state index in [0.717, 1.165) is 21.0 Å². The molecule has 3 aliphatic rings. The van der Waals surface area contributed by atoms with Crippen molar-refractivity contribution in [3.63, 3.8) is 0 Å². The van der Waals surface area contributed by atoms with Gasteiger partial charge in [0.25, 0.3) is 5.91 Å². The first-order chi connectivity index (χ1) is 12.6. The maximum Gasteiger partial charge on any atom is 0.251 e. The van der Waals surface area contributed by atoms with Crippen LogP contribution in [0.4, 0.5) is 5.69 Å². The molecule has 26 heavy (non-hydrogen) atoms. The maximum absolute atomic E-state index is 12.7. The molecule has 5 heteroatoms. The zero-order chi connectivity index (χ0) is 18.1. The lowest BCUT2D eigenvalue weighted by Crippen LogP contribution is -2.62. The van der Waals surface area contributed by atoms with Gasteiger partial charge >= 0.3 is 0 Å². The largest absolute Gasteiger partial charge is 0.398 e. The van der Waals surface area contributed by atoms with E-state index >= 15 is 0 Å². The van der Waals surface area contributed by atoms with Crippen LogP contribution in [0.5, 0.6) is 0 Å². The second-order valence-corrected chi connectivity index (χ2v) is 8.39. The molecule has 4 nitrogen and oxygen atoms in total. The van der Waals surface area contributed by atoms with Crippen LogP contribution < -0.4 is 11.1 Å². The molecule has 2 aromatic carbocycles. The number of amides is 1. The first kappa shape index (κ1) is 17.4. The summed E-state index contributed by atoms with van der Waals surface area (Å²) in [5.41, 5.74) is 7.50. The van der Waals surface area contributed by atoms with Crippen LogP contribution in [0, 0.1) is 5.92 Å². The number of anilines is 1. The number of hydrogen-bond acceptors (Lipinski definition) is 4. The molecule has 3 aliphatic heterocycles. The van der Waals surface area contributed by atoms with Crippen molar-refractivity contribution in [3.05, 3.63) is 54.1 Å². The molecule has 3 fully saturated rings. The third-order valence-corrected chi connectivity index (χ3v) is 6.84. The van der Waals surface area contributed by atoms with Gasteiger partial charge in [0.1, 0.15) is 0 Å². The predicted octanol–water partition coefficient (Wildman–Crippen LogP) is 3.63. The highest BCUT2D eigenvalue weighted by atomic mass is 32.2. The molecule has 2 unspecified atom stereocenters. The third-order valence-electron chi connectivity index (χ3n) is 5.74. The number of carbonyl (C=O) groups is 1. The van der Waals surface area contributed by atoms with Gasteiger partial charge in [-0.1, -0.05) is 23.9 Å². The summed E-state index contributed by atoms with van der Waals surface area (Å²) in [6.45, 7) is 4.58.